The molecule has 1 heterocycles. The van der Waals surface area contributed by atoms with Crippen LogP contribution in [0.15, 0.2) is 27.0 Å². The summed E-state index contributed by atoms with van der Waals surface area (Å²) in [6.07, 6.45) is 1.14. The number of nitrogens with one attached hydrogen (secondary N) is 1. The molecule has 0 aliphatic rings. The Morgan fingerprint density at radius 1 is 1.37 bits per heavy atom. The van der Waals surface area contributed by atoms with Crippen LogP contribution >= 0.6 is 0 Å². The van der Waals surface area contributed by atoms with Gasteiger partial charge >= 0.3 is 17.6 Å². The standard InChI is InChI=1S/C16H23N5O6/c1-9(2)11(23)27-8-16(5,21-7-6-10(22)18-14(21)26)12(19-20-17)15(3,4)13(24)25/h6-7,9,12H,8H2,1-5H3,(H,24,25)(H,18,22,26). The first-order valence-electron chi connectivity index (χ1n) is 8.14. The van der Waals surface area contributed by atoms with Gasteiger partial charge in [-0.15, -0.1) is 0 Å². The van der Waals surface area contributed by atoms with Crippen LogP contribution in [-0.4, -0.2) is 39.2 Å². The smallest absolute Gasteiger partial charge is 0.328 e. The fraction of sp³-hybridized carbons (Fsp3) is 0.625. The predicted octanol–water partition coefficient (Wildman–Crippen LogP) is 1.24. The maximum Gasteiger partial charge on any atom is 0.328 e. The van der Waals surface area contributed by atoms with Crippen molar-refractivity contribution in [2.24, 2.45) is 16.4 Å². The van der Waals surface area contributed by atoms with Gasteiger partial charge in [0.05, 0.1) is 22.9 Å². The molecular formula is C16H23N5O6. The molecule has 1 aromatic rings. The van der Waals surface area contributed by atoms with Gasteiger partial charge in [-0.3, -0.25) is 23.9 Å². The van der Waals surface area contributed by atoms with Crippen LogP contribution in [0.1, 0.15) is 34.6 Å². The molecule has 0 aromatic carbocycles. The number of aromatic amines is 1. The van der Waals surface area contributed by atoms with Gasteiger partial charge in [0, 0.05) is 17.2 Å². The third-order valence-electron chi connectivity index (χ3n) is 4.34. The fourth-order valence-corrected chi connectivity index (χ4v) is 2.70. The minimum absolute atomic E-state index is 0.448. The second-order valence-electron chi connectivity index (χ2n) is 7.23. The molecule has 0 aliphatic carbocycles. The third kappa shape index (κ3) is 4.56. The van der Waals surface area contributed by atoms with Crippen LogP contribution < -0.4 is 11.2 Å². The van der Waals surface area contributed by atoms with Gasteiger partial charge in [-0.2, -0.15) is 0 Å². The molecule has 0 fully saturated rings. The van der Waals surface area contributed by atoms with Crippen molar-refractivity contribution in [3.05, 3.63) is 43.5 Å². The van der Waals surface area contributed by atoms with Gasteiger partial charge in [0.1, 0.15) is 6.61 Å². The molecule has 1 aromatic heterocycles. The number of aliphatic carboxylic acids is 1. The number of hydrogen-bond acceptors (Lipinski definition) is 6. The Bertz CT molecular complexity index is 880. The summed E-state index contributed by atoms with van der Waals surface area (Å²) >= 11 is 0. The SMILES string of the molecule is CC(C)C(=O)OCC(C)(C(N=[N+]=[N-])C(C)(C)C(=O)O)n1ccc(=O)[nH]c1=O. The highest BCUT2D eigenvalue weighted by atomic mass is 16.5. The number of nitrogens with zero attached hydrogens (tertiary/aromatic N) is 4. The maximum atomic E-state index is 12.4. The number of H-pyrrole nitrogens is 1. The number of carboxylic acids is 1. The molecule has 2 atom stereocenters. The van der Waals surface area contributed by atoms with Crippen molar-refractivity contribution in [2.75, 3.05) is 6.61 Å². The number of rotatable bonds is 8. The number of azide groups is 1. The minimum atomic E-state index is -1.62. The Morgan fingerprint density at radius 2 is 1.96 bits per heavy atom. The van der Waals surface area contributed by atoms with Crippen molar-refractivity contribution < 1.29 is 19.4 Å². The average Bonchev–Trinajstić information content (AvgIpc) is 2.56. The summed E-state index contributed by atoms with van der Waals surface area (Å²) in [5.74, 6) is -2.32. The maximum absolute atomic E-state index is 12.4. The molecule has 11 nitrogen and oxygen atoms in total. The molecule has 0 amide bonds. The van der Waals surface area contributed by atoms with E-state index in [1.807, 2.05) is 0 Å². The van der Waals surface area contributed by atoms with E-state index >= 15 is 0 Å². The van der Waals surface area contributed by atoms with E-state index in [1.165, 1.54) is 20.8 Å². The van der Waals surface area contributed by atoms with Crippen molar-refractivity contribution >= 4 is 11.9 Å². The summed E-state index contributed by atoms with van der Waals surface area (Å²) in [7, 11) is 0. The summed E-state index contributed by atoms with van der Waals surface area (Å²) in [5, 5.41) is 13.2. The Labute approximate surface area is 154 Å². The molecule has 1 rings (SSSR count). The fourth-order valence-electron chi connectivity index (χ4n) is 2.70. The van der Waals surface area contributed by atoms with Crippen LogP contribution in [0.2, 0.25) is 0 Å². The topological polar surface area (TPSA) is 167 Å². The van der Waals surface area contributed by atoms with E-state index in [2.05, 4.69) is 15.0 Å². The summed E-state index contributed by atoms with van der Waals surface area (Å²) < 4.78 is 6.25. The highest BCUT2D eigenvalue weighted by molar-refractivity contribution is 5.75. The number of esters is 1. The van der Waals surface area contributed by atoms with Gasteiger partial charge in [0.2, 0.25) is 0 Å². The van der Waals surface area contributed by atoms with Gasteiger partial charge in [-0.1, -0.05) is 19.0 Å². The molecule has 0 saturated heterocycles. The van der Waals surface area contributed by atoms with Crippen molar-refractivity contribution in [1.82, 2.24) is 9.55 Å². The van der Waals surface area contributed by atoms with E-state index < -0.39 is 52.7 Å². The summed E-state index contributed by atoms with van der Waals surface area (Å²) in [5.41, 5.74) is 4.26. The van der Waals surface area contributed by atoms with E-state index in [9.17, 15) is 24.3 Å². The Hall–Kier alpha value is -3.07. The number of ether oxygens (including phenoxy) is 1. The molecule has 11 heteroatoms. The van der Waals surface area contributed by atoms with Gasteiger partial charge in [0.25, 0.3) is 5.56 Å². The summed E-state index contributed by atoms with van der Waals surface area (Å²) in [6.45, 7) is 6.85. The largest absolute Gasteiger partial charge is 0.481 e. The second kappa shape index (κ2) is 8.09. The molecule has 0 aliphatic heterocycles. The number of carbonyl (C=O) groups excluding carboxylic acids is 1. The van der Waals surface area contributed by atoms with E-state index in [1.54, 1.807) is 13.8 Å². The van der Waals surface area contributed by atoms with Crippen molar-refractivity contribution in [1.29, 1.82) is 0 Å². The van der Waals surface area contributed by atoms with Crippen LogP contribution in [0.4, 0.5) is 0 Å². The minimum Gasteiger partial charge on any atom is -0.481 e. The predicted molar refractivity (Wildman–Crippen MR) is 95.1 cm³/mol. The Morgan fingerprint density at radius 3 is 2.41 bits per heavy atom. The number of hydrogen-bond donors (Lipinski definition) is 2. The first kappa shape index (κ1) is 22.0. The molecule has 0 spiro atoms. The van der Waals surface area contributed by atoms with Gasteiger partial charge in [-0.25, -0.2) is 4.79 Å². The molecule has 2 N–H and O–H groups in total. The highest BCUT2D eigenvalue weighted by Crippen LogP contribution is 2.36. The lowest BCUT2D eigenvalue weighted by Crippen LogP contribution is -2.58. The number of aromatic nitrogens is 2. The quantitative estimate of drug-likeness (QED) is 0.297. The zero-order chi connectivity index (χ0) is 21.0. The number of carboxylic acid groups (broad SMARTS) is 1. The van der Waals surface area contributed by atoms with Crippen LogP contribution in [0, 0.1) is 11.3 Å². The lowest BCUT2D eigenvalue weighted by molar-refractivity contribution is -0.154. The molecule has 27 heavy (non-hydrogen) atoms. The molecule has 0 radical (unpaired) electrons. The van der Waals surface area contributed by atoms with Gasteiger partial charge in [-0.05, 0) is 26.3 Å². The monoisotopic (exact) mass is 381 g/mol. The van der Waals surface area contributed by atoms with Crippen molar-refractivity contribution in [2.45, 2.75) is 46.2 Å². The van der Waals surface area contributed by atoms with E-state index in [0.29, 0.717) is 0 Å². The second-order valence-corrected chi connectivity index (χ2v) is 7.23. The average molecular weight is 381 g/mol. The van der Waals surface area contributed by atoms with Crippen LogP contribution in [0.25, 0.3) is 10.4 Å². The van der Waals surface area contributed by atoms with E-state index in [-0.39, 0.29) is 0 Å². The molecule has 2 unspecified atom stereocenters. The summed E-state index contributed by atoms with van der Waals surface area (Å²) in [6, 6.07) is -0.277. The first-order valence-corrected chi connectivity index (χ1v) is 8.14. The molecule has 0 saturated carbocycles. The highest BCUT2D eigenvalue weighted by Gasteiger charge is 2.50. The zero-order valence-corrected chi connectivity index (χ0v) is 15.8. The lowest BCUT2D eigenvalue weighted by atomic mass is 9.74. The number of carbonyl (C=O) groups is 2. The van der Waals surface area contributed by atoms with E-state index in [4.69, 9.17) is 10.3 Å². The van der Waals surface area contributed by atoms with E-state index in [0.717, 1.165) is 16.8 Å². The zero-order valence-electron chi connectivity index (χ0n) is 15.8. The van der Waals surface area contributed by atoms with Gasteiger partial charge in [0.15, 0.2) is 0 Å². The Balaban J connectivity index is 3.67. The lowest BCUT2D eigenvalue weighted by Gasteiger charge is -2.42. The molecular weight excluding hydrogens is 358 g/mol. The van der Waals surface area contributed by atoms with Gasteiger partial charge < -0.3 is 9.84 Å². The summed E-state index contributed by atoms with van der Waals surface area (Å²) in [4.78, 5) is 52.2. The van der Waals surface area contributed by atoms with Crippen molar-refractivity contribution in [3.8, 4) is 0 Å². The first-order chi connectivity index (χ1) is 12.4. The van der Waals surface area contributed by atoms with Crippen LogP contribution in [0.3, 0.4) is 0 Å². The normalized spacial score (nSPS) is 14.7. The molecule has 0 bridgehead atoms. The third-order valence-corrected chi connectivity index (χ3v) is 4.34. The van der Waals surface area contributed by atoms with Crippen LogP contribution in [0.5, 0.6) is 0 Å². The van der Waals surface area contributed by atoms with Crippen molar-refractivity contribution in [3.63, 3.8) is 0 Å². The molecule has 148 valence electrons. The van der Waals surface area contributed by atoms with Crippen LogP contribution in [-0.2, 0) is 19.9 Å². The Kier molecular flexibility index (Phi) is 6.58.